The highest BCUT2D eigenvalue weighted by molar-refractivity contribution is 6.00. The van der Waals surface area contributed by atoms with Gasteiger partial charge in [-0.2, -0.15) is 5.26 Å². The Morgan fingerprint density at radius 2 is 2.26 bits per heavy atom. The zero-order valence-corrected chi connectivity index (χ0v) is 10.3. The third-order valence-corrected chi connectivity index (χ3v) is 3.11. The van der Waals surface area contributed by atoms with Gasteiger partial charge in [-0.05, 0) is 13.0 Å². The van der Waals surface area contributed by atoms with E-state index in [1.165, 1.54) is 6.07 Å². The summed E-state index contributed by atoms with van der Waals surface area (Å²) in [6.07, 6.45) is 0. The SMILES string of the molecule is CC1C(=O)NC(=O)CN1Cc1cccc(C#N)c1F. The van der Waals surface area contributed by atoms with E-state index < -0.39 is 23.7 Å². The minimum Gasteiger partial charge on any atom is -0.294 e. The second-order valence-electron chi connectivity index (χ2n) is 4.38. The summed E-state index contributed by atoms with van der Waals surface area (Å²) < 4.78 is 13.9. The zero-order chi connectivity index (χ0) is 14.0. The molecule has 1 aliphatic heterocycles. The molecule has 1 N–H and O–H groups in total. The summed E-state index contributed by atoms with van der Waals surface area (Å²) in [7, 11) is 0. The van der Waals surface area contributed by atoms with Crippen LogP contribution in [0.5, 0.6) is 0 Å². The van der Waals surface area contributed by atoms with E-state index in [9.17, 15) is 14.0 Å². The minimum atomic E-state index is -0.601. The fourth-order valence-electron chi connectivity index (χ4n) is 1.97. The maximum atomic E-state index is 13.9. The van der Waals surface area contributed by atoms with E-state index in [1.807, 2.05) is 0 Å². The van der Waals surface area contributed by atoms with Crippen molar-refractivity contribution in [1.29, 1.82) is 5.26 Å². The van der Waals surface area contributed by atoms with E-state index >= 15 is 0 Å². The van der Waals surface area contributed by atoms with Crippen LogP contribution in [0.1, 0.15) is 18.1 Å². The standard InChI is InChI=1S/C13H12FN3O2/c1-8-13(19)16-11(18)7-17(8)6-10-4-2-3-9(5-15)12(10)14/h2-4,8H,6-7H2,1H3,(H,16,18,19). The lowest BCUT2D eigenvalue weighted by Crippen LogP contribution is -2.56. The number of nitriles is 1. The molecular weight excluding hydrogens is 249 g/mol. The molecule has 98 valence electrons. The monoisotopic (exact) mass is 261 g/mol. The lowest BCUT2D eigenvalue weighted by Gasteiger charge is -2.31. The summed E-state index contributed by atoms with van der Waals surface area (Å²) in [5, 5.41) is 11.0. The lowest BCUT2D eigenvalue weighted by atomic mass is 10.1. The van der Waals surface area contributed by atoms with Gasteiger partial charge in [-0.15, -0.1) is 0 Å². The molecule has 19 heavy (non-hydrogen) atoms. The molecule has 1 fully saturated rings. The van der Waals surface area contributed by atoms with Gasteiger partial charge >= 0.3 is 0 Å². The molecule has 1 aromatic carbocycles. The van der Waals surface area contributed by atoms with E-state index in [2.05, 4.69) is 5.32 Å². The van der Waals surface area contributed by atoms with Crippen molar-refractivity contribution >= 4 is 11.8 Å². The second-order valence-corrected chi connectivity index (χ2v) is 4.38. The van der Waals surface area contributed by atoms with Gasteiger partial charge < -0.3 is 0 Å². The second kappa shape index (κ2) is 5.16. The van der Waals surface area contributed by atoms with E-state index in [0.717, 1.165) is 0 Å². The highest BCUT2D eigenvalue weighted by Gasteiger charge is 2.30. The Labute approximate surface area is 109 Å². The van der Waals surface area contributed by atoms with Crippen LogP contribution in [0.15, 0.2) is 18.2 Å². The highest BCUT2D eigenvalue weighted by Crippen LogP contribution is 2.16. The number of halogens is 1. The molecule has 5 nitrogen and oxygen atoms in total. The van der Waals surface area contributed by atoms with Gasteiger partial charge in [-0.3, -0.25) is 19.8 Å². The van der Waals surface area contributed by atoms with Crippen LogP contribution in [0, 0.1) is 17.1 Å². The number of carbonyl (C=O) groups is 2. The predicted molar refractivity (Wildman–Crippen MR) is 64.1 cm³/mol. The third-order valence-electron chi connectivity index (χ3n) is 3.11. The van der Waals surface area contributed by atoms with Crippen LogP contribution < -0.4 is 5.32 Å². The van der Waals surface area contributed by atoms with Crippen molar-refractivity contribution in [3.63, 3.8) is 0 Å². The van der Waals surface area contributed by atoms with Crippen molar-refractivity contribution in [2.75, 3.05) is 6.54 Å². The molecule has 6 heteroatoms. The summed E-state index contributed by atoms with van der Waals surface area (Å²) in [5.74, 6) is -1.40. The topological polar surface area (TPSA) is 73.2 Å². The van der Waals surface area contributed by atoms with Crippen LogP contribution in [-0.2, 0) is 16.1 Å². The first-order chi connectivity index (χ1) is 9.02. The Morgan fingerprint density at radius 3 is 2.95 bits per heavy atom. The Morgan fingerprint density at radius 1 is 1.53 bits per heavy atom. The average molecular weight is 261 g/mol. The fraction of sp³-hybridized carbons (Fsp3) is 0.308. The van der Waals surface area contributed by atoms with Gasteiger partial charge in [0.25, 0.3) is 0 Å². The molecule has 1 atom stereocenters. The van der Waals surface area contributed by atoms with Crippen molar-refractivity contribution in [3.05, 3.63) is 35.1 Å². The number of rotatable bonds is 2. The molecule has 1 saturated heterocycles. The largest absolute Gasteiger partial charge is 0.294 e. The number of imide groups is 1. The molecule has 1 heterocycles. The average Bonchev–Trinajstić information content (AvgIpc) is 2.37. The van der Waals surface area contributed by atoms with Gasteiger partial charge in [-0.1, -0.05) is 12.1 Å². The van der Waals surface area contributed by atoms with E-state index in [4.69, 9.17) is 5.26 Å². The molecule has 0 aliphatic carbocycles. The van der Waals surface area contributed by atoms with Crippen molar-refractivity contribution in [2.24, 2.45) is 0 Å². The molecule has 1 unspecified atom stereocenters. The number of nitrogens with zero attached hydrogens (tertiary/aromatic N) is 2. The first-order valence-electron chi connectivity index (χ1n) is 5.78. The van der Waals surface area contributed by atoms with E-state index in [0.29, 0.717) is 5.56 Å². The number of piperazine rings is 1. The van der Waals surface area contributed by atoms with Crippen LogP contribution >= 0.6 is 0 Å². The molecule has 0 radical (unpaired) electrons. The number of benzene rings is 1. The van der Waals surface area contributed by atoms with Crippen molar-refractivity contribution in [2.45, 2.75) is 19.5 Å². The number of hydrogen-bond donors (Lipinski definition) is 1. The Balaban J connectivity index is 2.24. The quantitative estimate of drug-likeness (QED) is 0.789. The fourth-order valence-corrected chi connectivity index (χ4v) is 1.97. The Kier molecular flexibility index (Phi) is 3.58. The summed E-state index contributed by atoms with van der Waals surface area (Å²) in [5.41, 5.74) is 0.256. The summed E-state index contributed by atoms with van der Waals surface area (Å²) in [6, 6.07) is 5.75. The van der Waals surface area contributed by atoms with Crippen LogP contribution in [0.3, 0.4) is 0 Å². The molecular formula is C13H12FN3O2. The third kappa shape index (κ3) is 2.61. The van der Waals surface area contributed by atoms with Gasteiger partial charge in [-0.25, -0.2) is 4.39 Å². The van der Waals surface area contributed by atoms with E-state index in [-0.39, 0.29) is 18.7 Å². The van der Waals surface area contributed by atoms with Crippen LogP contribution in [0.2, 0.25) is 0 Å². The van der Waals surface area contributed by atoms with Gasteiger partial charge in [0.1, 0.15) is 11.9 Å². The summed E-state index contributed by atoms with van der Waals surface area (Å²) in [4.78, 5) is 24.4. The molecule has 0 aromatic heterocycles. The van der Waals surface area contributed by atoms with Crippen molar-refractivity contribution in [3.8, 4) is 6.07 Å². The lowest BCUT2D eigenvalue weighted by molar-refractivity contribution is -0.139. The van der Waals surface area contributed by atoms with Crippen LogP contribution in [-0.4, -0.2) is 29.3 Å². The summed E-state index contributed by atoms with van der Waals surface area (Å²) >= 11 is 0. The molecule has 0 saturated carbocycles. The number of carbonyl (C=O) groups excluding carboxylic acids is 2. The molecule has 1 aliphatic rings. The number of amides is 2. The van der Waals surface area contributed by atoms with Crippen LogP contribution in [0.4, 0.5) is 4.39 Å². The highest BCUT2D eigenvalue weighted by atomic mass is 19.1. The maximum absolute atomic E-state index is 13.9. The van der Waals surface area contributed by atoms with E-state index in [1.54, 1.807) is 30.0 Å². The zero-order valence-electron chi connectivity index (χ0n) is 10.3. The first-order valence-corrected chi connectivity index (χ1v) is 5.78. The minimum absolute atomic E-state index is 0.0309. The number of hydrogen-bond acceptors (Lipinski definition) is 4. The molecule has 0 spiro atoms. The predicted octanol–water partition coefficient (Wildman–Crippen LogP) is 0.544. The van der Waals surface area contributed by atoms with Gasteiger partial charge in [0.05, 0.1) is 18.2 Å². The molecule has 1 aromatic rings. The number of nitrogens with one attached hydrogen (secondary N) is 1. The molecule has 2 rings (SSSR count). The van der Waals surface area contributed by atoms with Gasteiger partial charge in [0.2, 0.25) is 11.8 Å². The van der Waals surface area contributed by atoms with Crippen molar-refractivity contribution in [1.82, 2.24) is 10.2 Å². The maximum Gasteiger partial charge on any atom is 0.243 e. The van der Waals surface area contributed by atoms with Gasteiger partial charge in [0.15, 0.2) is 0 Å². The molecule has 2 amide bonds. The van der Waals surface area contributed by atoms with Crippen molar-refractivity contribution < 1.29 is 14.0 Å². The molecule has 0 bridgehead atoms. The smallest absolute Gasteiger partial charge is 0.243 e. The summed E-state index contributed by atoms with van der Waals surface area (Å²) in [6.45, 7) is 1.79. The first kappa shape index (κ1) is 13.2. The Bertz CT molecular complexity index is 580. The van der Waals surface area contributed by atoms with Crippen LogP contribution in [0.25, 0.3) is 0 Å². The van der Waals surface area contributed by atoms with Gasteiger partial charge in [0, 0.05) is 12.1 Å². The normalized spacial score (nSPS) is 19.9. The Hall–Kier alpha value is -2.26.